The van der Waals surface area contributed by atoms with E-state index >= 15 is 0 Å². The minimum atomic E-state index is -2.46. The van der Waals surface area contributed by atoms with Crippen LogP contribution in [-0.4, -0.2) is 32.1 Å². The van der Waals surface area contributed by atoms with Gasteiger partial charge >= 0.3 is 8.56 Å². The van der Waals surface area contributed by atoms with Gasteiger partial charge in [-0.25, -0.2) is 0 Å². The van der Waals surface area contributed by atoms with Crippen molar-refractivity contribution in [3.8, 4) is 0 Å². The Kier molecular flexibility index (Phi) is 4.54. The molecular formula is C9H24O3Si2. The molecule has 5 heteroatoms. The minimum Gasteiger partial charge on any atom is -0.432 e. The fraction of sp³-hybridized carbons (Fsp3) is 1.00. The lowest BCUT2D eigenvalue weighted by Gasteiger charge is -2.32. The van der Waals surface area contributed by atoms with Gasteiger partial charge in [0, 0.05) is 0 Å². The van der Waals surface area contributed by atoms with Crippen LogP contribution in [0, 0.1) is 0 Å². The molecule has 0 amide bonds. The van der Waals surface area contributed by atoms with Gasteiger partial charge in [-0.15, -0.1) is 0 Å². The van der Waals surface area contributed by atoms with Gasteiger partial charge in [0.25, 0.3) is 0 Å². The Morgan fingerprint density at radius 3 is 1.79 bits per heavy atom. The molecule has 0 radical (unpaired) electrons. The largest absolute Gasteiger partial charge is 0.432 e. The molecule has 0 aromatic rings. The van der Waals surface area contributed by atoms with Crippen LogP contribution in [0.5, 0.6) is 0 Å². The number of hydrogen-bond acceptors (Lipinski definition) is 3. The Morgan fingerprint density at radius 2 is 1.50 bits per heavy atom. The maximum absolute atomic E-state index is 9.71. The molecule has 3 nitrogen and oxygen atoms in total. The first-order chi connectivity index (χ1) is 5.91. The van der Waals surface area contributed by atoms with Crippen molar-refractivity contribution < 1.29 is 14.0 Å². The lowest BCUT2D eigenvalue weighted by Crippen LogP contribution is -2.42. The van der Waals surface area contributed by atoms with Gasteiger partial charge in [-0.05, 0) is 52.5 Å². The second-order valence-electron chi connectivity index (χ2n) is 5.62. The Labute approximate surface area is 89.5 Å². The minimum absolute atomic E-state index is 0.322. The summed E-state index contributed by atoms with van der Waals surface area (Å²) in [5, 5.41) is 0. The summed E-state index contributed by atoms with van der Waals surface area (Å²) in [5.41, 5.74) is -0.322. The van der Waals surface area contributed by atoms with E-state index < -0.39 is 16.9 Å². The van der Waals surface area contributed by atoms with Crippen molar-refractivity contribution in [3.63, 3.8) is 0 Å². The standard InChI is InChI=1S/C9H24O3Si2/c1-9(2,12-14(5,6)11)7-8-13(3,4)10/h10-11H,7-8H2,1-6H3. The summed E-state index contributed by atoms with van der Waals surface area (Å²) in [6.45, 7) is 11.3. The van der Waals surface area contributed by atoms with Gasteiger partial charge in [-0.1, -0.05) is 0 Å². The van der Waals surface area contributed by atoms with E-state index in [1.807, 2.05) is 26.9 Å². The highest BCUT2D eigenvalue weighted by Gasteiger charge is 2.31. The fourth-order valence-electron chi connectivity index (χ4n) is 1.33. The zero-order valence-electron chi connectivity index (χ0n) is 10.2. The zero-order chi connectivity index (χ0) is 11.6. The van der Waals surface area contributed by atoms with Crippen LogP contribution in [0.3, 0.4) is 0 Å². The number of rotatable bonds is 5. The van der Waals surface area contributed by atoms with E-state index in [0.717, 1.165) is 12.5 Å². The van der Waals surface area contributed by atoms with Gasteiger partial charge in [-0.3, -0.25) is 0 Å². The van der Waals surface area contributed by atoms with Crippen LogP contribution < -0.4 is 0 Å². The van der Waals surface area contributed by atoms with E-state index in [4.69, 9.17) is 4.43 Å². The summed E-state index contributed by atoms with van der Waals surface area (Å²) in [5.74, 6) is 0. The first-order valence-corrected chi connectivity index (χ1v) is 11.1. The van der Waals surface area contributed by atoms with E-state index in [-0.39, 0.29) is 5.60 Å². The summed E-state index contributed by atoms with van der Waals surface area (Å²) in [6.07, 6.45) is 0.805. The highest BCUT2D eigenvalue weighted by Crippen LogP contribution is 2.24. The zero-order valence-corrected chi connectivity index (χ0v) is 12.2. The molecule has 0 aliphatic carbocycles. The van der Waals surface area contributed by atoms with Crippen molar-refractivity contribution in [3.05, 3.63) is 0 Å². The van der Waals surface area contributed by atoms with Crippen LogP contribution in [0.4, 0.5) is 0 Å². The molecule has 86 valence electrons. The van der Waals surface area contributed by atoms with Gasteiger partial charge in [0.1, 0.15) is 0 Å². The first-order valence-electron chi connectivity index (χ1n) is 5.06. The summed E-state index contributed by atoms with van der Waals surface area (Å²) >= 11 is 0. The van der Waals surface area contributed by atoms with Gasteiger partial charge in [0.2, 0.25) is 0 Å². The SMILES string of the molecule is CC(C)(CC[Si](C)(C)O)O[Si](C)(C)O. The predicted octanol–water partition coefficient (Wildman–Crippen LogP) is 2.06. The fourth-order valence-corrected chi connectivity index (χ4v) is 4.00. The molecule has 14 heavy (non-hydrogen) atoms. The smallest absolute Gasteiger partial charge is 0.329 e. The monoisotopic (exact) mass is 236 g/mol. The van der Waals surface area contributed by atoms with Crippen molar-refractivity contribution in [1.29, 1.82) is 0 Å². The van der Waals surface area contributed by atoms with Crippen LogP contribution >= 0.6 is 0 Å². The van der Waals surface area contributed by atoms with Crippen LogP contribution in [0.25, 0.3) is 0 Å². The molecule has 0 fully saturated rings. The highest BCUT2D eigenvalue weighted by molar-refractivity contribution is 6.69. The Hall–Kier alpha value is 0.314. The van der Waals surface area contributed by atoms with Crippen molar-refractivity contribution >= 4 is 16.9 Å². The maximum atomic E-state index is 9.71. The van der Waals surface area contributed by atoms with E-state index in [9.17, 15) is 9.59 Å². The molecule has 0 spiro atoms. The maximum Gasteiger partial charge on any atom is 0.329 e. The molecule has 0 aromatic heterocycles. The molecule has 0 aromatic carbocycles. The molecular weight excluding hydrogens is 212 g/mol. The molecule has 0 atom stereocenters. The molecule has 0 rings (SSSR count). The summed E-state index contributed by atoms with van der Waals surface area (Å²) in [4.78, 5) is 19.4. The summed E-state index contributed by atoms with van der Waals surface area (Å²) in [6, 6.07) is 0.810. The Morgan fingerprint density at radius 1 is 1.07 bits per heavy atom. The van der Waals surface area contributed by atoms with Crippen molar-refractivity contribution in [1.82, 2.24) is 0 Å². The van der Waals surface area contributed by atoms with Gasteiger partial charge in [0.15, 0.2) is 8.32 Å². The third-order valence-electron chi connectivity index (χ3n) is 1.86. The van der Waals surface area contributed by atoms with Crippen LogP contribution in [0.2, 0.25) is 32.2 Å². The molecule has 0 saturated carbocycles. The van der Waals surface area contributed by atoms with Gasteiger partial charge < -0.3 is 14.0 Å². The summed E-state index contributed by atoms with van der Waals surface area (Å²) < 4.78 is 5.63. The van der Waals surface area contributed by atoms with Crippen LogP contribution in [-0.2, 0) is 4.43 Å². The van der Waals surface area contributed by atoms with Crippen LogP contribution in [0.1, 0.15) is 20.3 Å². The molecule has 0 aliphatic rings. The van der Waals surface area contributed by atoms with Crippen LogP contribution in [0.15, 0.2) is 0 Å². The van der Waals surface area contributed by atoms with E-state index in [1.54, 1.807) is 13.1 Å². The molecule has 0 aliphatic heterocycles. The van der Waals surface area contributed by atoms with Gasteiger partial charge in [-0.2, -0.15) is 0 Å². The second-order valence-corrected chi connectivity index (χ2v) is 12.8. The van der Waals surface area contributed by atoms with Gasteiger partial charge in [0.05, 0.1) is 5.60 Å². The lowest BCUT2D eigenvalue weighted by molar-refractivity contribution is 0.0674. The Balaban J connectivity index is 4.09. The summed E-state index contributed by atoms with van der Waals surface area (Å²) in [7, 11) is -4.44. The van der Waals surface area contributed by atoms with Crippen molar-refractivity contribution in [2.24, 2.45) is 0 Å². The third kappa shape index (κ3) is 8.89. The predicted molar refractivity (Wildman–Crippen MR) is 64.0 cm³/mol. The molecule has 0 heterocycles. The molecule has 0 unspecified atom stereocenters. The number of hydrogen-bond donors (Lipinski definition) is 2. The quantitative estimate of drug-likeness (QED) is 0.719. The van der Waals surface area contributed by atoms with Crippen molar-refractivity contribution in [2.45, 2.75) is 58.1 Å². The topological polar surface area (TPSA) is 49.7 Å². The average Bonchev–Trinajstić information content (AvgIpc) is 1.76. The normalized spacial score (nSPS) is 14.6. The average molecular weight is 236 g/mol. The van der Waals surface area contributed by atoms with E-state index in [0.29, 0.717) is 0 Å². The molecule has 2 N–H and O–H groups in total. The molecule has 0 bridgehead atoms. The lowest BCUT2D eigenvalue weighted by atomic mass is 10.1. The van der Waals surface area contributed by atoms with Crippen molar-refractivity contribution in [2.75, 3.05) is 0 Å². The third-order valence-corrected chi connectivity index (χ3v) is 4.39. The highest BCUT2D eigenvalue weighted by atomic mass is 28.4. The van der Waals surface area contributed by atoms with E-state index in [2.05, 4.69) is 0 Å². The Bertz CT molecular complexity index is 179. The van der Waals surface area contributed by atoms with E-state index in [1.165, 1.54) is 0 Å². The second kappa shape index (κ2) is 4.44. The molecule has 0 saturated heterocycles. The first kappa shape index (κ1) is 14.3.